The van der Waals surface area contributed by atoms with E-state index in [1.165, 1.54) is 43.6 Å². The lowest BCUT2D eigenvalue weighted by Crippen LogP contribution is -2.43. The molecule has 3 aromatic rings. The van der Waals surface area contributed by atoms with E-state index in [1.54, 1.807) is 0 Å². The van der Waals surface area contributed by atoms with E-state index in [-0.39, 0.29) is 0 Å². The molecule has 1 aliphatic heterocycles. The Labute approximate surface area is 162 Å². The van der Waals surface area contributed by atoms with Gasteiger partial charge in [0.1, 0.15) is 5.82 Å². The number of hydrogen-bond donors (Lipinski definition) is 1. The Hall–Kier alpha value is -2.17. The second-order valence-electron chi connectivity index (χ2n) is 7.61. The molecule has 1 aliphatic rings. The molecule has 0 unspecified atom stereocenters. The number of hydrogen-bond acceptors (Lipinski definition) is 3. The van der Waals surface area contributed by atoms with Crippen molar-refractivity contribution >= 4 is 11.0 Å². The van der Waals surface area contributed by atoms with Crippen molar-refractivity contribution in [2.45, 2.75) is 38.8 Å². The fourth-order valence-electron chi connectivity index (χ4n) is 4.15. The Bertz CT molecular complexity index is 847. The molecule has 0 atom stereocenters. The first-order chi connectivity index (χ1) is 13.3. The fraction of sp³-hybridized carbons (Fsp3) is 0.435. The summed E-state index contributed by atoms with van der Waals surface area (Å²) in [5, 5.41) is 3.77. The molecular formula is C23H30N4. The summed E-state index contributed by atoms with van der Waals surface area (Å²) in [6, 6.07) is 19.9. The largest absolute Gasteiger partial charge is 0.327 e. The van der Waals surface area contributed by atoms with Gasteiger partial charge in [-0.05, 0) is 57.0 Å². The van der Waals surface area contributed by atoms with Crippen molar-refractivity contribution < 1.29 is 0 Å². The van der Waals surface area contributed by atoms with E-state index in [4.69, 9.17) is 0 Å². The molecular weight excluding hydrogens is 332 g/mol. The van der Waals surface area contributed by atoms with E-state index >= 15 is 0 Å². The molecule has 0 bridgehead atoms. The lowest BCUT2D eigenvalue weighted by atomic mass is 10.0. The van der Waals surface area contributed by atoms with Crippen LogP contribution in [0.4, 0.5) is 0 Å². The van der Waals surface area contributed by atoms with Crippen molar-refractivity contribution in [2.75, 3.05) is 26.2 Å². The number of aryl methyl sites for hydroxylation is 1. The molecule has 2 heterocycles. The average Bonchev–Trinajstić information content (AvgIpc) is 3.03. The summed E-state index contributed by atoms with van der Waals surface area (Å²) >= 11 is 0. The van der Waals surface area contributed by atoms with Crippen LogP contribution in [-0.4, -0.2) is 46.7 Å². The average molecular weight is 363 g/mol. The minimum Gasteiger partial charge on any atom is -0.327 e. The van der Waals surface area contributed by atoms with Crippen LogP contribution >= 0.6 is 0 Å². The number of imidazole rings is 1. The van der Waals surface area contributed by atoms with E-state index in [0.717, 1.165) is 30.9 Å². The van der Waals surface area contributed by atoms with E-state index in [2.05, 4.69) is 81.3 Å². The summed E-state index contributed by atoms with van der Waals surface area (Å²) in [7, 11) is 0. The van der Waals surface area contributed by atoms with Gasteiger partial charge in [0.2, 0.25) is 0 Å². The fourth-order valence-corrected chi connectivity index (χ4v) is 4.15. The maximum absolute atomic E-state index is 4.66. The van der Waals surface area contributed by atoms with E-state index < -0.39 is 0 Å². The molecule has 0 spiro atoms. The molecule has 1 saturated heterocycles. The highest BCUT2D eigenvalue weighted by Crippen LogP contribution is 2.15. The number of fused-ring (bicyclic) bond motifs is 1. The molecule has 27 heavy (non-hydrogen) atoms. The van der Waals surface area contributed by atoms with E-state index in [9.17, 15) is 0 Å². The first kappa shape index (κ1) is 18.2. The molecule has 0 radical (unpaired) electrons. The summed E-state index contributed by atoms with van der Waals surface area (Å²) in [6.07, 6.45) is 3.66. The van der Waals surface area contributed by atoms with Crippen LogP contribution in [0, 0.1) is 6.92 Å². The van der Waals surface area contributed by atoms with Crippen LogP contribution in [0.3, 0.4) is 0 Å². The van der Waals surface area contributed by atoms with Crippen molar-refractivity contribution in [1.29, 1.82) is 0 Å². The third-order valence-electron chi connectivity index (χ3n) is 5.76. The van der Waals surface area contributed by atoms with E-state index in [1.807, 2.05) is 0 Å². The molecule has 4 rings (SSSR count). The van der Waals surface area contributed by atoms with Gasteiger partial charge in [0, 0.05) is 25.7 Å². The van der Waals surface area contributed by atoms with Gasteiger partial charge in [-0.3, -0.25) is 0 Å². The number of aromatic nitrogens is 2. The standard InChI is InChI=1S/C23H30N4/c1-19-25-22-9-5-6-10-23(22)27(19)18-14-24-21-12-16-26(17-13-21)15-11-20-7-3-2-4-8-20/h2-10,21,24H,11-18H2,1H3. The van der Waals surface area contributed by atoms with Gasteiger partial charge in [-0.1, -0.05) is 42.5 Å². The zero-order valence-corrected chi connectivity index (χ0v) is 16.3. The molecule has 0 amide bonds. The lowest BCUT2D eigenvalue weighted by Gasteiger charge is -2.32. The molecule has 2 aromatic carbocycles. The number of para-hydroxylation sites is 2. The number of nitrogens with zero attached hydrogens (tertiary/aromatic N) is 3. The van der Waals surface area contributed by atoms with Gasteiger partial charge in [-0.2, -0.15) is 0 Å². The number of nitrogens with one attached hydrogen (secondary N) is 1. The molecule has 1 aromatic heterocycles. The molecule has 1 fully saturated rings. The van der Waals surface area contributed by atoms with Crippen LogP contribution in [-0.2, 0) is 13.0 Å². The van der Waals surface area contributed by atoms with Gasteiger partial charge in [0.25, 0.3) is 0 Å². The maximum Gasteiger partial charge on any atom is 0.106 e. The predicted molar refractivity (Wildman–Crippen MR) is 112 cm³/mol. The SMILES string of the molecule is Cc1nc2ccccc2n1CCNC1CCN(CCc2ccccc2)CC1. The molecule has 0 aliphatic carbocycles. The monoisotopic (exact) mass is 362 g/mol. The van der Waals surface area contributed by atoms with Gasteiger partial charge in [0.05, 0.1) is 11.0 Å². The Kier molecular flexibility index (Phi) is 5.85. The highest BCUT2D eigenvalue weighted by atomic mass is 15.1. The second-order valence-corrected chi connectivity index (χ2v) is 7.61. The van der Waals surface area contributed by atoms with Crippen LogP contribution in [0.25, 0.3) is 11.0 Å². The highest BCUT2D eigenvalue weighted by Gasteiger charge is 2.18. The Morgan fingerprint density at radius 2 is 1.70 bits per heavy atom. The Morgan fingerprint density at radius 3 is 2.52 bits per heavy atom. The Balaban J connectivity index is 1.20. The molecule has 4 nitrogen and oxygen atoms in total. The molecule has 142 valence electrons. The minimum absolute atomic E-state index is 0.646. The number of benzene rings is 2. The second kappa shape index (κ2) is 8.68. The van der Waals surface area contributed by atoms with Gasteiger partial charge in [-0.25, -0.2) is 4.98 Å². The summed E-state index contributed by atoms with van der Waals surface area (Å²) in [5.74, 6) is 1.11. The van der Waals surface area contributed by atoms with Crippen molar-refractivity contribution in [3.05, 3.63) is 66.0 Å². The lowest BCUT2D eigenvalue weighted by molar-refractivity contribution is 0.199. The van der Waals surface area contributed by atoms with Crippen molar-refractivity contribution in [1.82, 2.24) is 19.8 Å². The smallest absolute Gasteiger partial charge is 0.106 e. The number of piperidine rings is 1. The van der Waals surface area contributed by atoms with Crippen molar-refractivity contribution in [3.8, 4) is 0 Å². The van der Waals surface area contributed by atoms with Gasteiger partial charge >= 0.3 is 0 Å². The molecule has 1 N–H and O–H groups in total. The molecule has 4 heteroatoms. The first-order valence-corrected chi connectivity index (χ1v) is 10.2. The van der Waals surface area contributed by atoms with Crippen LogP contribution < -0.4 is 5.32 Å². The molecule has 0 saturated carbocycles. The predicted octanol–water partition coefficient (Wildman–Crippen LogP) is 3.64. The minimum atomic E-state index is 0.646. The van der Waals surface area contributed by atoms with Gasteiger partial charge < -0.3 is 14.8 Å². The first-order valence-electron chi connectivity index (χ1n) is 10.2. The zero-order valence-electron chi connectivity index (χ0n) is 16.3. The van der Waals surface area contributed by atoms with Crippen molar-refractivity contribution in [2.24, 2.45) is 0 Å². The maximum atomic E-state index is 4.66. The van der Waals surface area contributed by atoms with Crippen LogP contribution in [0.5, 0.6) is 0 Å². The summed E-state index contributed by atoms with van der Waals surface area (Å²) in [5.41, 5.74) is 3.79. The summed E-state index contributed by atoms with van der Waals surface area (Å²) in [4.78, 5) is 7.27. The topological polar surface area (TPSA) is 33.1 Å². The van der Waals surface area contributed by atoms with E-state index in [0.29, 0.717) is 6.04 Å². The number of rotatable bonds is 7. The summed E-state index contributed by atoms with van der Waals surface area (Å²) < 4.78 is 2.33. The summed E-state index contributed by atoms with van der Waals surface area (Å²) in [6.45, 7) is 7.69. The normalized spacial score (nSPS) is 16.2. The third-order valence-corrected chi connectivity index (χ3v) is 5.76. The highest BCUT2D eigenvalue weighted by molar-refractivity contribution is 5.75. The number of likely N-dealkylation sites (tertiary alicyclic amines) is 1. The van der Waals surface area contributed by atoms with Crippen LogP contribution in [0.2, 0.25) is 0 Å². The Morgan fingerprint density at radius 1 is 0.963 bits per heavy atom. The third kappa shape index (κ3) is 4.57. The van der Waals surface area contributed by atoms with Crippen molar-refractivity contribution in [3.63, 3.8) is 0 Å². The quantitative estimate of drug-likeness (QED) is 0.697. The van der Waals surface area contributed by atoms with Crippen LogP contribution in [0.1, 0.15) is 24.2 Å². The van der Waals surface area contributed by atoms with Gasteiger partial charge in [-0.15, -0.1) is 0 Å². The van der Waals surface area contributed by atoms with Gasteiger partial charge in [0.15, 0.2) is 0 Å². The van der Waals surface area contributed by atoms with Crippen LogP contribution in [0.15, 0.2) is 54.6 Å². The zero-order chi connectivity index (χ0) is 18.5.